The number of benzene rings is 1. The molecule has 0 aliphatic rings. The summed E-state index contributed by atoms with van der Waals surface area (Å²) in [5.74, 6) is 1.90. The Balaban J connectivity index is 2.24. The van der Waals surface area contributed by atoms with Crippen LogP contribution in [0.1, 0.15) is 37.9 Å². The number of aromatic nitrogens is 2. The van der Waals surface area contributed by atoms with Crippen LogP contribution in [0.3, 0.4) is 0 Å². The summed E-state index contributed by atoms with van der Waals surface area (Å²) in [6, 6.07) is 8.08. The van der Waals surface area contributed by atoms with E-state index in [-0.39, 0.29) is 0 Å². The van der Waals surface area contributed by atoms with Gasteiger partial charge < -0.3 is 10.5 Å². The minimum atomic E-state index is 0.516. The molecule has 0 fully saturated rings. The van der Waals surface area contributed by atoms with Gasteiger partial charge in [-0.15, -0.1) is 0 Å². The average Bonchev–Trinajstić information content (AvgIpc) is 2.67. The third-order valence-corrected chi connectivity index (χ3v) is 3.20. The van der Waals surface area contributed by atoms with E-state index in [9.17, 15) is 0 Å². The second-order valence-electron chi connectivity index (χ2n) is 4.97. The van der Waals surface area contributed by atoms with Gasteiger partial charge in [0.25, 0.3) is 0 Å². The van der Waals surface area contributed by atoms with Crippen molar-refractivity contribution in [3.8, 4) is 11.6 Å². The highest BCUT2D eigenvalue weighted by molar-refractivity contribution is 5.54. The highest BCUT2D eigenvalue weighted by Crippen LogP contribution is 2.30. The van der Waals surface area contributed by atoms with Crippen LogP contribution in [0.4, 0.5) is 5.69 Å². The van der Waals surface area contributed by atoms with Crippen LogP contribution >= 0.6 is 0 Å². The van der Waals surface area contributed by atoms with Crippen molar-refractivity contribution in [1.29, 1.82) is 0 Å². The van der Waals surface area contributed by atoms with Crippen LogP contribution in [0.5, 0.6) is 11.6 Å². The molecule has 4 heteroatoms. The Morgan fingerprint density at radius 3 is 2.37 bits per heavy atom. The lowest BCUT2D eigenvalue weighted by atomic mass is 10.0. The summed E-state index contributed by atoms with van der Waals surface area (Å²) >= 11 is 0. The van der Waals surface area contributed by atoms with Gasteiger partial charge in [0.05, 0.1) is 5.69 Å². The molecule has 0 bridgehead atoms. The summed E-state index contributed by atoms with van der Waals surface area (Å²) in [7, 11) is 1.84. The number of ether oxygens (including phenoxy) is 1. The van der Waals surface area contributed by atoms with Crippen molar-refractivity contribution in [2.24, 2.45) is 7.05 Å². The van der Waals surface area contributed by atoms with Crippen molar-refractivity contribution in [2.75, 3.05) is 5.73 Å². The van der Waals surface area contributed by atoms with Gasteiger partial charge in [0.15, 0.2) is 0 Å². The van der Waals surface area contributed by atoms with Crippen LogP contribution in [-0.2, 0) is 13.5 Å². The summed E-state index contributed by atoms with van der Waals surface area (Å²) < 4.78 is 7.52. The molecule has 0 saturated heterocycles. The van der Waals surface area contributed by atoms with E-state index in [1.807, 2.05) is 26.1 Å². The van der Waals surface area contributed by atoms with E-state index in [1.54, 1.807) is 4.68 Å². The van der Waals surface area contributed by atoms with Gasteiger partial charge in [-0.25, -0.2) is 4.68 Å². The highest BCUT2D eigenvalue weighted by Gasteiger charge is 2.14. The predicted octanol–water partition coefficient (Wildman–Crippen LogP) is 3.48. The van der Waals surface area contributed by atoms with E-state index in [4.69, 9.17) is 10.5 Å². The quantitative estimate of drug-likeness (QED) is 0.914. The monoisotopic (exact) mass is 259 g/mol. The molecular formula is C15H21N3O. The maximum Gasteiger partial charge on any atom is 0.241 e. The Hall–Kier alpha value is -1.97. The van der Waals surface area contributed by atoms with Crippen molar-refractivity contribution >= 4 is 5.69 Å². The molecule has 0 amide bonds. The molecule has 4 nitrogen and oxygen atoms in total. The molecule has 2 N–H and O–H groups in total. The molecule has 0 spiro atoms. The summed E-state index contributed by atoms with van der Waals surface area (Å²) in [6.45, 7) is 6.37. The molecule has 1 heterocycles. The van der Waals surface area contributed by atoms with Gasteiger partial charge in [-0.3, -0.25) is 0 Å². The molecule has 0 saturated carbocycles. The first kappa shape index (κ1) is 13.5. The lowest BCUT2D eigenvalue weighted by Gasteiger charge is -2.09. The second kappa shape index (κ2) is 5.34. The van der Waals surface area contributed by atoms with E-state index in [0.29, 0.717) is 17.5 Å². The molecule has 2 aromatic rings. The standard InChI is InChI=1S/C15H21N3O/c1-5-13-14(16)15(18(4)17-13)19-12-8-6-11(7-9-12)10(2)3/h6-10H,5,16H2,1-4H3. The van der Waals surface area contributed by atoms with Gasteiger partial charge in [-0.2, -0.15) is 5.10 Å². The molecule has 1 aromatic carbocycles. The minimum absolute atomic E-state index is 0.516. The largest absolute Gasteiger partial charge is 0.437 e. The summed E-state index contributed by atoms with van der Waals surface area (Å²) in [6.07, 6.45) is 0.801. The number of anilines is 1. The van der Waals surface area contributed by atoms with Gasteiger partial charge in [0.2, 0.25) is 5.88 Å². The molecule has 2 rings (SSSR count). The number of hydrogen-bond acceptors (Lipinski definition) is 3. The molecule has 1 aromatic heterocycles. The minimum Gasteiger partial charge on any atom is -0.437 e. The second-order valence-corrected chi connectivity index (χ2v) is 4.97. The van der Waals surface area contributed by atoms with Crippen LogP contribution < -0.4 is 10.5 Å². The van der Waals surface area contributed by atoms with E-state index in [0.717, 1.165) is 17.9 Å². The first-order valence-corrected chi connectivity index (χ1v) is 6.62. The molecule has 19 heavy (non-hydrogen) atoms. The SMILES string of the molecule is CCc1nn(C)c(Oc2ccc(C(C)C)cc2)c1N. The lowest BCUT2D eigenvalue weighted by molar-refractivity contribution is 0.432. The fraction of sp³-hybridized carbons (Fsp3) is 0.400. The predicted molar refractivity (Wildman–Crippen MR) is 77.6 cm³/mol. The zero-order valence-corrected chi connectivity index (χ0v) is 12.0. The van der Waals surface area contributed by atoms with Crippen LogP contribution in [0, 0.1) is 0 Å². The zero-order chi connectivity index (χ0) is 14.0. The van der Waals surface area contributed by atoms with Crippen molar-refractivity contribution in [3.63, 3.8) is 0 Å². The maximum atomic E-state index is 6.03. The molecule has 0 aliphatic heterocycles. The number of aryl methyl sites for hydroxylation is 2. The van der Waals surface area contributed by atoms with Gasteiger partial charge in [0, 0.05) is 7.05 Å². The van der Waals surface area contributed by atoms with Crippen molar-refractivity contribution in [1.82, 2.24) is 9.78 Å². The van der Waals surface area contributed by atoms with Crippen molar-refractivity contribution < 1.29 is 4.74 Å². The third-order valence-electron chi connectivity index (χ3n) is 3.20. The first-order valence-electron chi connectivity index (χ1n) is 6.62. The molecule has 102 valence electrons. The summed E-state index contributed by atoms with van der Waals surface area (Å²) in [5.41, 5.74) is 8.82. The lowest BCUT2D eigenvalue weighted by Crippen LogP contribution is -1.97. The first-order chi connectivity index (χ1) is 9.02. The Morgan fingerprint density at radius 2 is 1.89 bits per heavy atom. The van der Waals surface area contributed by atoms with Crippen molar-refractivity contribution in [2.45, 2.75) is 33.1 Å². The summed E-state index contributed by atoms with van der Waals surface area (Å²) in [5, 5.41) is 4.34. The number of nitrogens with two attached hydrogens (primary N) is 1. The van der Waals surface area contributed by atoms with Crippen LogP contribution in [0.15, 0.2) is 24.3 Å². The average molecular weight is 259 g/mol. The molecule has 0 aliphatic carbocycles. The number of rotatable bonds is 4. The van der Waals surface area contributed by atoms with E-state index < -0.39 is 0 Å². The van der Waals surface area contributed by atoms with Gasteiger partial charge in [-0.05, 0) is 30.0 Å². The molecular weight excluding hydrogens is 238 g/mol. The van der Waals surface area contributed by atoms with E-state index in [2.05, 4.69) is 31.1 Å². The van der Waals surface area contributed by atoms with Crippen LogP contribution in [0.2, 0.25) is 0 Å². The van der Waals surface area contributed by atoms with E-state index in [1.165, 1.54) is 5.56 Å². The van der Waals surface area contributed by atoms with Gasteiger partial charge in [-0.1, -0.05) is 32.9 Å². The third kappa shape index (κ3) is 2.72. The Labute approximate surface area is 114 Å². The van der Waals surface area contributed by atoms with Crippen LogP contribution in [-0.4, -0.2) is 9.78 Å². The molecule has 0 unspecified atom stereocenters. The van der Waals surface area contributed by atoms with Crippen LogP contribution in [0.25, 0.3) is 0 Å². The van der Waals surface area contributed by atoms with E-state index >= 15 is 0 Å². The topological polar surface area (TPSA) is 53.1 Å². The fourth-order valence-corrected chi connectivity index (χ4v) is 1.99. The normalized spacial score (nSPS) is 11.0. The Morgan fingerprint density at radius 1 is 1.26 bits per heavy atom. The number of nitrogens with zero attached hydrogens (tertiary/aromatic N) is 2. The Bertz CT molecular complexity index is 556. The van der Waals surface area contributed by atoms with Gasteiger partial charge in [0.1, 0.15) is 11.4 Å². The smallest absolute Gasteiger partial charge is 0.241 e. The van der Waals surface area contributed by atoms with Crippen molar-refractivity contribution in [3.05, 3.63) is 35.5 Å². The molecule has 0 atom stereocenters. The molecule has 0 radical (unpaired) electrons. The summed E-state index contributed by atoms with van der Waals surface area (Å²) in [4.78, 5) is 0. The number of hydrogen-bond donors (Lipinski definition) is 1. The fourth-order valence-electron chi connectivity index (χ4n) is 1.99. The van der Waals surface area contributed by atoms with Gasteiger partial charge >= 0.3 is 0 Å². The number of nitrogen functional groups attached to an aromatic ring is 1. The highest BCUT2D eigenvalue weighted by atomic mass is 16.5. The maximum absolute atomic E-state index is 6.03. The zero-order valence-electron chi connectivity index (χ0n) is 12.0. The Kier molecular flexibility index (Phi) is 3.79.